The molecule has 3 aliphatic heterocycles. The second-order valence-electron chi connectivity index (χ2n) is 5.35. The summed E-state index contributed by atoms with van der Waals surface area (Å²) in [4.78, 5) is 3.23. The van der Waals surface area contributed by atoms with E-state index >= 15 is 0 Å². The molecule has 0 aromatic carbocycles. The minimum Gasteiger partial charge on any atom is -0.338 e. The second kappa shape index (κ2) is 6.37. The number of nitrogens with one attached hydrogen (secondary N) is 2. The number of alkyl halides is 2. The number of rotatable bonds is 6. The van der Waals surface area contributed by atoms with E-state index in [0.29, 0.717) is 13.1 Å². The first kappa shape index (κ1) is 15.5. The van der Waals surface area contributed by atoms with E-state index in [4.69, 9.17) is 9.47 Å². The first-order valence-electron chi connectivity index (χ1n) is 7.30. The molecule has 0 radical (unpaired) electrons. The standard InChI is InChI=1S/C15H19F2N3O2/c16-15(17)14(6-3-9-20-15,21-10-12-4-1-7-18-12)22-11-13-5-2-8-19-13/h1-6,9,12-13,18-19H,7-8,10-11H2/t12-,13?,14?/m0/s1. The molecule has 5 nitrogen and oxygen atoms in total. The Balaban J connectivity index is 1.69. The predicted octanol–water partition coefficient (Wildman–Crippen LogP) is 1.01. The molecule has 0 saturated heterocycles. The number of hydrogen-bond acceptors (Lipinski definition) is 5. The predicted molar refractivity (Wildman–Crippen MR) is 79.1 cm³/mol. The molecule has 3 aliphatic rings. The first-order chi connectivity index (χ1) is 10.6. The van der Waals surface area contributed by atoms with Gasteiger partial charge in [0.25, 0.3) is 5.79 Å². The maximum absolute atomic E-state index is 14.3. The summed E-state index contributed by atoms with van der Waals surface area (Å²) in [6.45, 7) is 1.59. The van der Waals surface area contributed by atoms with Crippen LogP contribution in [0, 0.1) is 0 Å². The topological polar surface area (TPSA) is 54.9 Å². The van der Waals surface area contributed by atoms with Gasteiger partial charge in [-0.25, -0.2) is 4.99 Å². The molecule has 0 aliphatic carbocycles. The van der Waals surface area contributed by atoms with Gasteiger partial charge in [0, 0.05) is 31.4 Å². The van der Waals surface area contributed by atoms with E-state index in [2.05, 4.69) is 15.6 Å². The number of nitrogens with zero attached hydrogens (tertiary/aromatic N) is 1. The van der Waals surface area contributed by atoms with Gasteiger partial charge in [-0.05, 0) is 12.2 Å². The average Bonchev–Trinajstić information content (AvgIpc) is 3.18. The third-order valence-corrected chi connectivity index (χ3v) is 3.74. The zero-order chi connectivity index (χ0) is 15.5. The van der Waals surface area contributed by atoms with Crippen molar-refractivity contribution >= 4 is 6.21 Å². The smallest absolute Gasteiger partial charge is 0.338 e. The summed E-state index contributed by atoms with van der Waals surface area (Å²) < 4.78 is 39.6. The molecule has 0 amide bonds. The number of dihydropyridines is 1. The molecule has 0 saturated carbocycles. The number of hydrogen-bond donors (Lipinski definition) is 2. The van der Waals surface area contributed by atoms with Crippen LogP contribution in [0.4, 0.5) is 8.78 Å². The summed E-state index contributed by atoms with van der Waals surface area (Å²) in [6, 6.07) is -3.66. The Hall–Kier alpha value is -1.41. The van der Waals surface area contributed by atoms with Crippen molar-refractivity contribution in [2.24, 2.45) is 4.99 Å². The quantitative estimate of drug-likeness (QED) is 0.437. The zero-order valence-electron chi connectivity index (χ0n) is 12.0. The largest absolute Gasteiger partial charge is 0.399 e. The molecular formula is C15H19F2N3O2. The highest BCUT2D eigenvalue weighted by Gasteiger charge is 2.56. The number of ether oxygens (including phenoxy) is 2. The molecule has 2 N–H and O–H groups in total. The van der Waals surface area contributed by atoms with E-state index in [1.54, 1.807) is 0 Å². The van der Waals surface area contributed by atoms with Gasteiger partial charge in [-0.2, -0.15) is 8.78 Å². The third-order valence-electron chi connectivity index (χ3n) is 3.74. The lowest BCUT2D eigenvalue weighted by atomic mass is 10.1. The Morgan fingerprint density at radius 2 is 1.64 bits per heavy atom. The Morgan fingerprint density at radius 1 is 1.05 bits per heavy atom. The summed E-state index contributed by atoms with van der Waals surface area (Å²) in [5.41, 5.74) is 0. The fraction of sp³-hybridized carbons (Fsp3) is 0.533. The Kier molecular flexibility index (Phi) is 4.49. The highest BCUT2D eigenvalue weighted by molar-refractivity contribution is 5.73. The van der Waals surface area contributed by atoms with Crippen LogP contribution in [-0.4, -0.2) is 56.4 Å². The highest BCUT2D eigenvalue weighted by Crippen LogP contribution is 2.38. The molecular weight excluding hydrogens is 292 g/mol. The van der Waals surface area contributed by atoms with E-state index in [1.165, 1.54) is 12.2 Å². The maximum Gasteiger partial charge on any atom is 0.399 e. The molecule has 7 heteroatoms. The molecule has 0 bridgehead atoms. The van der Waals surface area contributed by atoms with E-state index in [1.807, 2.05) is 24.3 Å². The van der Waals surface area contributed by atoms with Gasteiger partial charge >= 0.3 is 6.05 Å². The lowest BCUT2D eigenvalue weighted by molar-refractivity contribution is -0.310. The van der Waals surface area contributed by atoms with Crippen LogP contribution in [0.3, 0.4) is 0 Å². The molecule has 22 heavy (non-hydrogen) atoms. The first-order valence-corrected chi connectivity index (χ1v) is 7.30. The van der Waals surface area contributed by atoms with Crippen LogP contribution in [0.15, 0.2) is 41.4 Å². The van der Waals surface area contributed by atoms with Crippen molar-refractivity contribution < 1.29 is 18.3 Å². The lowest BCUT2D eigenvalue weighted by Gasteiger charge is -2.37. The lowest BCUT2D eigenvalue weighted by Crippen LogP contribution is -2.54. The Morgan fingerprint density at radius 3 is 2.09 bits per heavy atom. The molecule has 3 rings (SSSR count). The van der Waals surface area contributed by atoms with Crippen molar-refractivity contribution in [2.75, 3.05) is 26.3 Å². The summed E-state index contributed by atoms with van der Waals surface area (Å²) >= 11 is 0. The number of halogens is 2. The van der Waals surface area contributed by atoms with Gasteiger partial charge in [0.05, 0.1) is 13.2 Å². The number of allylic oxidation sites excluding steroid dienone is 1. The zero-order valence-corrected chi connectivity index (χ0v) is 12.0. The fourth-order valence-electron chi connectivity index (χ4n) is 2.50. The molecule has 0 fully saturated rings. The summed E-state index contributed by atoms with van der Waals surface area (Å²) in [7, 11) is 0. The van der Waals surface area contributed by atoms with Crippen LogP contribution in [0.5, 0.6) is 0 Å². The van der Waals surface area contributed by atoms with Gasteiger partial charge < -0.3 is 20.1 Å². The van der Waals surface area contributed by atoms with Crippen molar-refractivity contribution in [3.63, 3.8) is 0 Å². The molecule has 0 aromatic rings. The molecule has 0 spiro atoms. The SMILES string of the molecule is FC1(F)N=CC=CC1(OCC1C=CCN1)OC[C@@H]1C=CCN1. The monoisotopic (exact) mass is 311 g/mol. The van der Waals surface area contributed by atoms with E-state index in [-0.39, 0.29) is 25.3 Å². The van der Waals surface area contributed by atoms with Crippen molar-refractivity contribution in [3.8, 4) is 0 Å². The van der Waals surface area contributed by atoms with Gasteiger partial charge in [-0.1, -0.05) is 24.3 Å². The summed E-state index contributed by atoms with van der Waals surface area (Å²) in [5, 5.41) is 6.23. The van der Waals surface area contributed by atoms with Gasteiger partial charge in [-0.15, -0.1) is 0 Å². The minimum absolute atomic E-state index is 0.0832. The van der Waals surface area contributed by atoms with Crippen LogP contribution < -0.4 is 10.6 Å². The summed E-state index contributed by atoms with van der Waals surface area (Å²) in [6.07, 6.45) is 11.4. The molecule has 3 heterocycles. The highest BCUT2D eigenvalue weighted by atomic mass is 19.3. The van der Waals surface area contributed by atoms with Gasteiger partial charge in [0.2, 0.25) is 0 Å². The molecule has 120 valence electrons. The third kappa shape index (κ3) is 3.17. The second-order valence-corrected chi connectivity index (χ2v) is 5.35. The molecule has 0 aromatic heterocycles. The van der Waals surface area contributed by atoms with E-state index in [9.17, 15) is 8.78 Å². The Labute approximate surface area is 127 Å². The van der Waals surface area contributed by atoms with Crippen LogP contribution >= 0.6 is 0 Å². The van der Waals surface area contributed by atoms with Gasteiger partial charge in [0.1, 0.15) is 0 Å². The van der Waals surface area contributed by atoms with E-state index in [0.717, 1.165) is 6.21 Å². The molecule has 3 atom stereocenters. The molecule has 2 unspecified atom stereocenters. The van der Waals surface area contributed by atoms with Crippen molar-refractivity contribution in [3.05, 3.63) is 36.5 Å². The van der Waals surface area contributed by atoms with Crippen molar-refractivity contribution in [2.45, 2.75) is 23.9 Å². The maximum atomic E-state index is 14.3. The Bertz CT molecular complexity index is 491. The van der Waals surface area contributed by atoms with Crippen molar-refractivity contribution in [1.82, 2.24) is 10.6 Å². The normalized spacial score (nSPS) is 35.5. The van der Waals surface area contributed by atoms with Gasteiger partial charge in [0.15, 0.2) is 0 Å². The van der Waals surface area contributed by atoms with Crippen molar-refractivity contribution in [1.29, 1.82) is 0 Å². The van der Waals surface area contributed by atoms with E-state index < -0.39 is 11.8 Å². The van der Waals surface area contributed by atoms with Gasteiger partial charge in [-0.3, -0.25) is 0 Å². The van der Waals surface area contributed by atoms with Crippen LogP contribution in [-0.2, 0) is 9.47 Å². The average molecular weight is 311 g/mol. The summed E-state index contributed by atoms with van der Waals surface area (Å²) in [5.74, 6) is -2.17. The minimum atomic E-state index is -3.47. The fourth-order valence-corrected chi connectivity index (χ4v) is 2.50. The van der Waals surface area contributed by atoms with Crippen LogP contribution in [0.25, 0.3) is 0 Å². The van der Waals surface area contributed by atoms with Crippen LogP contribution in [0.1, 0.15) is 0 Å². The number of aliphatic imine (C=N–C) groups is 1. The van der Waals surface area contributed by atoms with Crippen LogP contribution in [0.2, 0.25) is 0 Å².